The lowest BCUT2D eigenvalue weighted by atomic mass is 9.79. The summed E-state index contributed by atoms with van der Waals surface area (Å²) in [5, 5.41) is 0. The van der Waals surface area contributed by atoms with Gasteiger partial charge in [0.1, 0.15) is 11.5 Å². The van der Waals surface area contributed by atoms with Crippen LogP contribution in [0.5, 0.6) is 0 Å². The maximum atomic E-state index is 12.6. The maximum Gasteiger partial charge on any atom is 0.338 e. The summed E-state index contributed by atoms with van der Waals surface area (Å²) in [7, 11) is 1.42. The van der Waals surface area contributed by atoms with Crippen molar-refractivity contribution in [2.45, 2.75) is 71.3 Å². The molecule has 1 saturated carbocycles. The highest BCUT2D eigenvalue weighted by Crippen LogP contribution is 2.45. The van der Waals surface area contributed by atoms with E-state index in [4.69, 9.17) is 9.47 Å². The Balaban J connectivity index is 2.12. The third-order valence-electron chi connectivity index (χ3n) is 5.28. The molecule has 0 aliphatic heterocycles. The summed E-state index contributed by atoms with van der Waals surface area (Å²) < 4.78 is 10.9. The van der Waals surface area contributed by atoms with Crippen LogP contribution < -0.4 is 0 Å². The standard InChI is InChI=1S/C21H30O4/c1-4-5-6-7-13-21(20(23)24-3)14-9-12-18(21)25-19(22)17-11-8-10-16(2)15-17/h8,10-11,15,18H,4-7,9,12-14H2,1-3H3. The third-order valence-corrected chi connectivity index (χ3v) is 5.28. The minimum Gasteiger partial charge on any atom is -0.468 e. The number of esters is 2. The van der Waals surface area contributed by atoms with E-state index in [1.165, 1.54) is 7.11 Å². The van der Waals surface area contributed by atoms with Gasteiger partial charge in [-0.3, -0.25) is 4.79 Å². The number of carbonyl (C=O) groups excluding carboxylic acids is 2. The number of ether oxygens (including phenoxy) is 2. The second-order valence-electron chi connectivity index (χ2n) is 7.11. The van der Waals surface area contributed by atoms with E-state index in [2.05, 4.69) is 6.92 Å². The van der Waals surface area contributed by atoms with Crippen molar-refractivity contribution in [3.05, 3.63) is 35.4 Å². The summed E-state index contributed by atoms with van der Waals surface area (Å²) in [6.45, 7) is 4.11. The first-order chi connectivity index (χ1) is 12.0. The molecule has 0 aromatic heterocycles. The molecule has 0 heterocycles. The van der Waals surface area contributed by atoms with Crippen molar-refractivity contribution in [2.75, 3.05) is 7.11 Å². The van der Waals surface area contributed by atoms with E-state index in [1.807, 2.05) is 25.1 Å². The average molecular weight is 346 g/mol. The van der Waals surface area contributed by atoms with Gasteiger partial charge in [0, 0.05) is 0 Å². The highest BCUT2D eigenvalue weighted by atomic mass is 16.6. The van der Waals surface area contributed by atoms with Crippen LogP contribution in [-0.4, -0.2) is 25.2 Å². The van der Waals surface area contributed by atoms with Gasteiger partial charge in [-0.05, 0) is 44.7 Å². The summed E-state index contributed by atoms with van der Waals surface area (Å²) in [5.74, 6) is -0.582. The minimum absolute atomic E-state index is 0.233. The van der Waals surface area contributed by atoms with Crippen LogP contribution in [0.2, 0.25) is 0 Å². The zero-order valence-corrected chi connectivity index (χ0v) is 15.7. The highest BCUT2D eigenvalue weighted by Gasteiger charge is 2.51. The molecule has 1 aliphatic carbocycles. The van der Waals surface area contributed by atoms with Crippen LogP contribution in [0.25, 0.3) is 0 Å². The third kappa shape index (κ3) is 4.62. The lowest BCUT2D eigenvalue weighted by Gasteiger charge is -2.32. The predicted molar refractivity (Wildman–Crippen MR) is 97.4 cm³/mol. The second kappa shape index (κ2) is 9.02. The van der Waals surface area contributed by atoms with E-state index >= 15 is 0 Å². The Morgan fingerprint density at radius 3 is 2.72 bits per heavy atom. The van der Waals surface area contributed by atoms with Crippen LogP contribution in [-0.2, 0) is 14.3 Å². The fourth-order valence-electron chi connectivity index (χ4n) is 3.87. The van der Waals surface area contributed by atoms with Crippen LogP contribution >= 0.6 is 0 Å². The fourth-order valence-corrected chi connectivity index (χ4v) is 3.87. The number of unbranched alkanes of at least 4 members (excludes halogenated alkanes) is 3. The number of hydrogen-bond donors (Lipinski definition) is 0. The molecule has 2 unspecified atom stereocenters. The quantitative estimate of drug-likeness (QED) is 0.499. The van der Waals surface area contributed by atoms with Gasteiger partial charge in [-0.1, -0.05) is 50.3 Å². The molecule has 0 bridgehead atoms. The van der Waals surface area contributed by atoms with Crippen LogP contribution in [0.4, 0.5) is 0 Å². The van der Waals surface area contributed by atoms with Gasteiger partial charge < -0.3 is 9.47 Å². The molecular weight excluding hydrogens is 316 g/mol. The van der Waals surface area contributed by atoms with Gasteiger partial charge in [0.05, 0.1) is 12.7 Å². The number of benzene rings is 1. The summed E-state index contributed by atoms with van der Waals surface area (Å²) in [5.41, 5.74) is 0.874. The summed E-state index contributed by atoms with van der Waals surface area (Å²) in [4.78, 5) is 25.1. The van der Waals surface area contributed by atoms with Crippen molar-refractivity contribution >= 4 is 11.9 Å². The van der Waals surface area contributed by atoms with Gasteiger partial charge >= 0.3 is 11.9 Å². The molecule has 0 N–H and O–H groups in total. The topological polar surface area (TPSA) is 52.6 Å². The smallest absolute Gasteiger partial charge is 0.338 e. The molecule has 2 rings (SSSR count). The number of aryl methyl sites for hydroxylation is 1. The molecule has 0 saturated heterocycles. The lowest BCUT2D eigenvalue weighted by Crippen LogP contribution is -2.42. The Labute approximate surface area is 150 Å². The van der Waals surface area contributed by atoms with Gasteiger partial charge in [0.25, 0.3) is 0 Å². The van der Waals surface area contributed by atoms with Crippen molar-refractivity contribution < 1.29 is 19.1 Å². The van der Waals surface area contributed by atoms with E-state index < -0.39 is 11.5 Å². The molecule has 0 radical (unpaired) electrons. The first kappa shape index (κ1) is 19.5. The van der Waals surface area contributed by atoms with Gasteiger partial charge in [-0.25, -0.2) is 4.79 Å². The molecule has 1 aromatic rings. The summed E-state index contributed by atoms with van der Waals surface area (Å²) in [6.07, 6.45) is 7.03. The minimum atomic E-state index is -0.679. The lowest BCUT2D eigenvalue weighted by molar-refractivity contribution is -0.159. The molecule has 4 heteroatoms. The molecule has 1 aliphatic rings. The number of carbonyl (C=O) groups is 2. The van der Waals surface area contributed by atoms with Crippen LogP contribution in [0.3, 0.4) is 0 Å². The van der Waals surface area contributed by atoms with E-state index in [9.17, 15) is 9.59 Å². The van der Waals surface area contributed by atoms with E-state index in [-0.39, 0.29) is 11.9 Å². The molecule has 1 fully saturated rings. The molecule has 1 aromatic carbocycles. The molecular formula is C21H30O4. The zero-order chi connectivity index (χ0) is 18.3. The van der Waals surface area contributed by atoms with Gasteiger partial charge in [-0.15, -0.1) is 0 Å². The Kier molecular flexibility index (Phi) is 7.03. The fraction of sp³-hybridized carbons (Fsp3) is 0.619. The summed E-state index contributed by atoms with van der Waals surface area (Å²) in [6, 6.07) is 7.36. The predicted octanol–water partition coefficient (Wildman–Crippen LogP) is 4.83. The number of rotatable bonds is 8. The van der Waals surface area contributed by atoms with Crippen molar-refractivity contribution in [2.24, 2.45) is 5.41 Å². The Hall–Kier alpha value is -1.84. The monoisotopic (exact) mass is 346 g/mol. The van der Waals surface area contributed by atoms with Crippen molar-refractivity contribution in [1.82, 2.24) is 0 Å². The average Bonchev–Trinajstić information content (AvgIpc) is 3.01. The van der Waals surface area contributed by atoms with Crippen LogP contribution in [0, 0.1) is 12.3 Å². The van der Waals surface area contributed by atoms with Gasteiger partial charge in [0.2, 0.25) is 0 Å². The largest absolute Gasteiger partial charge is 0.468 e. The van der Waals surface area contributed by atoms with Crippen LogP contribution in [0.15, 0.2) is 24.3 Å². The van der Waals surface area contributed by atoms with Crippen molar-refractivity contribution in [1.29, 1.82) is 0 Å². The SMILES string of the molecule is CCCCCCC1(C(=O)OC)CCCC1OC(=O)c1cccc(C)c1. The zero-order valence-electron chi connectivity index (χ0n) is 15.7. The van der Waals surface area contributed by atoms with Gasteiger partial charge in [0.15, 0.2) is 0 Å². The van der Waals surface area contributed by atoms with Crippen molar-refractivity contribution in [3.8, 4) is 0 Å². The van der Waals surface area contributed by atoms with Crippen molar-refractivity contribution in [3.63, 3.8) is 0 Å². The number of hydrogen-bond acceptors (Lipinski definition) is 4. The Bertz CT molecular complexity index is 595. The van der Waals surface area contributed by atoms with Gasteiger partial charge in [-0.2, -0.15) is 0 Å². The molecule has 0 spiro atoms. The van der Waals surface area contributed by atoms with E-state index in [1.54, 1.807) is 6.07 Å². The number of methoxy groups -OCH3 is 1. The molecule has 4 nitrogen and oxygen atoms in total. The molecule has 25 heavy (non-hydrogen) atoms. The van der Waals surface area contributed by atoms with E-state index in [0.29, 0.717) is 5.56 Å². The first-order valence-electron chi connectivity index (χ1n) is 9.39. The normalized spacial score (nSPS) is 22.6. The second-order valence-corrected chi connectivity index (χ2v) is 7.11. The van der Waals surface area contributed by atoms with Crippen LogP contribution in [0.1, 0.15) is 74.2 Å². The molecule has 2 atom stereocenters. The maximum absolute atomic E-state index is 12.6. The van der Waals surface area contributed by atoms with E-state index in [0.717, 1.165) is 56.9 Å². The first-order valence-corrected chi connectivity index (χ1v) is 9.39. The highest BCUT2D eigenvalue weighted by molar-refractivity contribution is 5.90. The molecule has 0 amide bonds. The Morgan fingerprint density at radius 2 is 2.04 bits per heavy atom. The molecule has 138 valence electrons. The summed E-state index contributed by atoms with van der Waals surface area (Å²) >= 11 is 0. The Morgan fingerprint density at radius 1 is 1.24 bits per heavy atom.